The van der Waals surface area contributed by atoms with E-state index in [2.05, 4.69) is 26.2 Å². The summed E-state index contributed by atoms with van der Waals surface area (Å²) < 4.78 is 1.56. The van der Waals surface area contributed by atoms with Crippen LogP contribution in [0.25, 0.3) is 5.69 Å². The van der Waals surface area contributed by atoms with Crippen molar-refractivity contribution >= 4 is 11.6 Å². The quantitative estimate of drug-likeness (QED) is 0.837. The molecule has 2 aromatic rings. The molecule has 7 nitrogen and oxygen atoms in total. The number of benzene rings is 1. The van der Waals surface area contributed by atoms with E-state index in [0.717, 1.165) is 11.3 Å². The average molecular weight is 260 g/mol. The van der Waals surface area contributed by atoms with Crippen molar-refractivity contribution in [3.63, 3.8) is 0 Å². The molecule has 0 fully saturated rings. The van der Waals surface area contributed by atoms with Gasteiger partial charge in [-0.1, -0.05) is 6.07 Å². The third-order valence-electron chi connectivity index (χ3n) is 2.90. The van der Waals surface area contributed by atoms with Crippen LogP contribution in [0, 0.1) is 6.92 Å². The third-order valence-corrected chi connectivity index (χ3v) is 2.90. The number of nitrogens with zero attached hydrogens (tertiary/aromatic N) is 4. The highest BCUT2D eigenvalue weighted by Crippen LogP contribution is 2.18. The fourth-order valence-corrected chi connectivity index (χ4v) is 1.59. The van der Waals surface area contributed by atoms with Crippen LogP contribution in [0.2, 0.25) is 0 Å². The number of anilines is 1. The summed E-state index contributed by atoms with van der Waals surface area (Å²) in [5, 5.41) is 16.8. The Labute approximate surface area is 111 Å². The minimum absolute atomic E-state index is 0.0889. The van der Waals surface area contributed by atoms with Crippen molar-refractivity contribution in [2.45, 2.75) is 19.9 Å². The van der Waals surface area contributed by atoms with E-state index >= 15 is 0 Å². The zero-order valence-electron chi connectivity index (χ0n) is 11.1. The molecule has 1 heterocycles. The third kappa shape index (κ3) is 2.94. The maximum absolute atomic E-state index is 11.8. The molecule has 0 aliphatic carbocycles. The highest BCUT2D eigenvalue weighted by atomic mass is 16.2. The standard InChI is InChI=1S/C12H16N6O/c1-8-4-5-10(15-12(19)9(2)13-3)6-11(8)18-7-14-16-17-18/h4-7,9,13H,1-3H3,(H,15,19). The zero-order valence-corrected chi connectivity index (χ0v) is 11.1. The highest BCUT2D eigenvalue weighted by Gasteiger charge is 2.11. The number of hydrogen-bond donors (Lipinski definition) is 2. The first-order valence-corrected chi connectivity index (χ1v) is 5.94. The van der Waals surface area contributed by atoms with E-state index in [1.54, 1.807) is 18.7 Å². The predicted octanol–water partition coefficient (Wildman–Crippen LogP) is 0.517. The van der Waals surface area contributed by atoms with Crippen LogP contribution in [0.4, 0.5) is 5.69 Å². The number of hydrogen-bond acceptors (Lipinski definition) is 5. The summed E-state index contributed by atoms with van der Waals surface area (Å²) in [6.07, 6.45) is 1.52. The van der Waals surface area contributed by atoms with Crippen molar-refractivity contribution in [1.29, 1.82) is 0 Å². The van der Waals surface area contributed by atoms with Gasteiger partial charge in [0.15, 0.2) is 0 Å². The minimum Gasteiger partial charge on any atom is -0.325 e. The average Bonchev–Trinajstić information content (AvgIpc) is 2.93. The van der Waals surface area contributed by atoms with Gasteiger partial charge in [-0.3, -0.25) is 4.79 Å². The SMILES string of the molecule is CNC(C)C(=O)Nc1ccc(C)c(-n2cnnn2)c1. The summed E-state index contributed by atoms with van der Waals surface area (Å²) in [7, 11) is 1.74. The molecule has 1 atom stereocenters. The normalized spacial score (nSPS) is 12.2. The molecule has 7 heteroatoms. The molecule has 19 heavy (non-hydrogen) atoms. The van der Waals surface area contributed by atoms with E-state index < -0.39 is 0 Å². The lowest BCUT2D eigenvalue weighted by atomic mass is 10.1. The predicted molar refractivity (Wildman–Crippen MR) is 71.0 cm³/mol. The van der Waals surface area contributed by atoms with Gasteiger partial charge in [0.25, 0.3) is 0 Å². The van der Waals surface area contributed by atoms with E-state index in [4.69, 9.17) is 0 Å². The Kier molecular flexibility index (Phi) is 3.86. The first-order chi connectivity index (χ1) is 9.11. The lowest BCUT2D eigenvalue weighted by molar-refractivity contribution is -0.117. The number of aryl methyl sites for hydroxylation is 1. The van der Waals surface area contributed by atoms with Gasteiger partial charge < -0.3 is 10.6 Å². The number of tetrazole rings is 1. The summed E-state index contributed by atoms with van der Waals surface area (Å²) in [4.78, 5) is 11.8. The number of carbonyl (C=O) groups is 1. The molecule has 0 aliphatic heterocycles. The van der Waals surface area contributed by atoms with E-state index in [0.29, 0.717) is 5.69 Å². The molecule has 0 radical (unpaired) electrons. The van der Waals surface area contributed by atoms with Crippen LogP contribution in [-0.2, 0) is 4.79 Å². The molecule has 1 aromatic carbocycles. The molecule has 2 N–H and O–H groups in total. The molecule has 0 spiro atoms. The summed E-state index contributed by atoms with van der Waals surface area (Å²) >= 11 is 0. The molecule has 0 bridgehead atoms. The molecular formula is C12H16N6O. The van der Waals surface area contributed by atoms with Gasteiger partial charge in [-0.2, -0.15) is 0 Å². The van der Waals surface area contributed by atoms with Crippen LogP contribution < -0.4 is 10.6 Å². The molecule has 0 saturated heterocycles. The number of nitrogens with one attached hydrogen (secondary N) is 2. The van der Waals surface area contributed by atoms with Crippen molar-refractivity contribution < 1.29 is 4.79 Å². The van der Waals surface area contributed by atoms with Gasteiger partial charge in [0.1, 0.15) is 6.33 Å². The maximum Gasteiger partial charge on any atom is 0.241 e. The van der Waals surface area contributed by atoms with Crippen LogP contribution in [-0.4, -0.2) is 39.2 Å². The summed E-state index contributed by atoms with van der Waals surface area (Å²) in [5.41, 5.74) is 2.56. The monoisotopic (exact) mass is 260 g/mol. The molecule has 1 aromatic heterocycles. The van der Waals surface area contributed by atoms with Crippen LogP contribution >= 0.6 is 0 Å². The van der Waals surface area contributed by atoms with Gasteiger partial charge in [0.2, 0.25) is 5.91 Å². The Morgan fingerprint density at radius 2 is 2.21 bits per heavy atom. The molecule has 100 valence electrons. The first kappa shape index (κ1) is 13.2. The summed E-state index contributed by atoms with van der Waals surface area (Å²) in [6, 6.07) is 5.35. The van der Waals surface area contributed by atoms with Gasteiger partial charge >= 0.3 is 0 Å². The molecule has 1 unspecified atom stereocenters. The van der Waals surface area contributed by atoms with E-state index in [1.165, 1.54) is 6.33 Å². The second kappa shape index (κ2) is 5.57. The van der Waals surface area contributed by atoms with Crippen LogP contribution in [0.5, 0.6) is 0 Å². The lowest BCUT2D eigenvalue weighted by Gasteiger charge is -2.12. The molecule has 0 aliphatic rings. The van der Waals surface area contributed by atoms with Crippen LogP contribution in [0.3, 0.4) is 0 Å². The van der Waals surface area contributed by atoms with Gasteiger partial charge in [0, 0.05) is 5.69 Å². The Bertz CT molecular complexity index is 566. The van der Waals surface area contributed by atoms with Crippen molar-refractivity contribution in [1.82, 2.24) is 25.5 Å². The largest absolute Gasteiger partial charge is 0.325 e. The van der Waals surface area contributed by atoms with Crippen molar-refractivity contribution in [2.75, 3.05) is 12.4 Å². The maximum atomic E-state index is 11.8. The fourth-order valence-electron chi connectivity index (χ4n) is 1.59. The lowest BCUT2D eigenvalue weighted by Crippen LogP contribution is -2.35. The van der Waals surface area contributed by atoms with Crippen molar-refractivity contribution in [2.24, 2.45) is 0 Å². The Morgan fingerprint density at radius 3 is 2.84 bits per heavy atom. The topological polar surface area (TPSA) is 84.7 Å². The van der Waals surface area contributed by atoms with Crippen molar-refractivity contribution in [3.05, 3.63) is 30.1 Å². The van der Waals surface area contributed by atoms with Crippen molar-refractivity contribution in [3.8, 4) is 5.69 Å². The van der Waals surface area contributed by atoms with Gasteiger partial charge in [-0.15, -0.1) is 5.10 Å². The summed E-state index contributed by atoms with van der Waals surface area (Å²) in [6.45, 7) is 3.75. The molecule has 2 rings (SSSR count). The first-order valence-electron chi connectivity index (χ1n) is 5.94. The number of likely N-dealkylation sites (N-methyl/N-ethyl adjacent to an activating group) is 1. The number of amides is 1. The zero-order chi connectivity index (χ0) is 13.8. The van der Waals surface area contributed by atoms with Crippen LogP contribution in [0.1, 0.15) is 12.5 Å². The van der Waals surface area contributed by atoms with E-state index in [-0.39, 0.29) is 11.9 Å². The van der Waals surface area contributed by atoms with Gasteiger partial charge in [0.05, 0.1) is 11.7 Å². The minimum atomic E-state index is -0.252. The Balaban J connectivity index is 2.24. The number of carbonyl (C=O) groups excluding carboxylic acids is 1. The molecular weight excluding hydrogens is 244 g/mol. The number of aromatic nitrogens is 4. The van der Waals surface area contributed by atoms with Gasteiger partial charge in [-0.25, -0.2) is 4.68 Å². The second-order valence-corrected chi connectivity index (χ2v) is 4.26. The Hall–Kier alpha value is -2.28. The fraction of sp³-hybridized carbons (Fsp3) is 0.333. The second-order valence-electron chi connectivity index (χ2n) is 4.26. The Morgan fingerprint density at radius 1 is 1.42 bits per heavy atom. The van der Waals surface area contributed by atoms with E-state index in [9.17, 15) is 4.79 Å². The smallest absolute Gasteiger partial charge is 0.241 e. The van der Waals surface area contributed by atoms with Crippen LogP contribution in [0.15, 0.2) is 24.5 Å². The highest BCUT2D eigenvalue weighted by molar-refractivity contribution is 5.94. The molecule has 1 amide bonds. The molecule has 0 saturated carbocycles. The van der Waals surface area contributed by atoms with Gasteiger partial charge in [-0.05, 0) is 49.0 Å². The summed E-state index contributed by atoms with van der Waals surface area (Å²) in [5.74, 6) is -0.0889. The number of rotatable bonds is 4. The van der Waals surface area contributed by atoms with E-state index in [1.807, 2.05) is 25.1 Å².